The summed E-state index contributed by atoms with van der Waals surface area (Å²) < 4.78 is 77.5. The van der Waals surface area contributed by atoms with E-state index in [1.54, 1.807) is 34.3 Å². The molecule has 0 atom stereocenters. The SMILES string of the molecule is C1CCC2(C1)CN=NC2.CC(=O)Nc1ccc(S(=O)(=O)Cl)cc1.CCN=C(N)N1CC2(C=N1)CCCC2.CCN=C(N)SC.CCN=C(NS(=O)(=O)c1ccc(N)cc1)N1CC2(C=N1)CCCC2.CCN=C(NS(=O)(=O)c1ccc(NC(C)=O)cc1)N1CC2(C=N1)CCCC2.CCNC(N)=S.CI.Cl. The lowest BCUT2D eigenvalue weighted by Crippen LogP contribution is -2.42. The molecule has 2 amide bonds. The fourth-order valence-electron chi connectivity index (χ4n) is 12.2. The van der Waals surface area contributed by atoms with Gasteiger partial charge in [-0.15, -0.1) is 12.4 Å². The second-order valence-corrected chi connectivity index (χ2v) is 32.6. The fraction of sp³-hybridized carbons (Fsp3) is 0.582. The minimum atomic E-state index is -3.81. The van der Waals surface area contributed by atoms with Crippen molar-refractivity contribution in [2.45, 2.75) is 166 Å². The van der Waals surface area contributed by atoms with Crippen molar-refractivity contribution in [1.29, 1.82) is 0 Å². The number of halogens is 3. The van der Waals surface area contributed by atoms with E-state index in [1.165, 1.54) is 151 Å². The number of anilines is 3. The largest absolute Gasteiger partial charge is 0.399 e. The third kappa shape index (κ3) is 30.8. The van der Waals surface area contributed by atoms with E-state index < -0.39 is 29.1 Å². The maximum Gasteiger partial charge on any atom is 0.264 e. The number of sulfonamides is 2. The number of benzene rings is 3. The Morgan fingerprint density at radius 3 is 1.19 bits per heavy atom. The van der Waals surface area contributed by atoms with E-state index in [-0.39, 0.29) is 61.7 Å². The van der Waals surface area contributed by atoms with Crippen LogP contribution in [0.25, 0.3) is 0 Å². The van der Waals surface area contributed by atoms with Gasteiger partial charge in [-0.1, -0.05) is 85.7 Å². The van der Waals surface area contributed by atoms with Gasteiger partial charge >= 0.3 is 0 Å². The molecule has 0 aromatic heterocycles. The molecule has 29 nitrogen and oxygen atoms in total. The number of carbonyl (C=O) groups excluding carboxylic acids is 2. The number of nitrogens with zero attached hydrogens (tertiary/aromatic N) is 12. The van der Waals surface area contributed by atoms with Gasteiger partial charge in [0.1, 0.15) is 0 Å². The second-order valence-electron chi connectivity index (χ2n) is 25.4. The standard InChI is InChI=1S/C18H25N5O3S.C16H23N5O2S.C10H18N4.C8H8ClNO3S.C7H12N2.C4H10N2S.C3H8N2S.CH3I.ClH/c1-3-19-17(23-13-18(12-20-23)10-4-5-11-18)22-27(25,26)16-8-6-15(7-9-16)21-14(2)24;1-2-18-15(21-12-16(11-19-21)9-3-4-10-16)20-24(22,23)14-7-5-13(17)6-8-14;1-2-12-9(11)14-8-10(7-13-14)5-3-4-6-10;1-6(11)10-7-2-4-8(5-3-7)14(9,12)13;1-2-4-7(3-1)5-8-9-6-7;1-3-6-4(5)7-2;1-2-5-3(4)6;1-2;/h6-9,12H,3-5,10-11,13H2,1-2H3,(H,19,22)(H,21,24);5-8,11H,2-4,9-10,12,17H2,1H3,(H,18,20);7H,2-6,8H2,1H3,(H2,11,12);2-5H,1H3,(H,10,11);1-6H2;3H2,1-2H3,(H2,5,6);2H2,1H3,(H3,4,5,6);1H3;1H. The van der Waals surface area contributed by atoms with Gasteiger partial charge in [0.05, 0.1) is 47.4 Å². The van der Waals surface area contributed by atoms with Gasteiger partial charge in [0.25, 0.3) is 29.1 Å². The summed E-state index contributed by atoms with van der Waals surface area (Å²) in [5.74, 6) is 0.644. The van der Waals surface area contributed by atoms with E-state index in [0.717, 1.165) is 65.0 Å². The predicted molar refractivity (Wildman–Crippen MR) is 441 cm³/mol. The first kappa shape index (κ1) is 91.7. The van der Waals surface area contributed by atoms with Crippen LogP contribution in [0.4, 0.5) is 17.1 Å². The first-order chi connectivity index (χ1) is 48.9. The topological polar surface area (TPSA) is 422 Å². The minimum Gasteiger partial charge on any atom is -0.399 e. The van der Waals surface area contributed by atoms with Gasteiger partial charge < -0.3 is 38.9 Å². The molecule has 4 fully saturated rings. The minimum absolute atomic E-state index is 0. The molecule has 4 saturated carbocycles. The Kier molecular flexibility index (Phi) is 39.9. The lowest BCUT2D eigenvalue weighted by atomic mass is 9.88. The molecule has 4 aliphatic heterocycles. The average Bonchev–Trinajstić information content (AvgIpc) is 1.79. The van der Waals surface area contributed by atoms with E-state index in [9.17, 15) is 34.8 Å². The zero-order valence-corrected chi connectivity index (χ0v) is 69.0. The Hall–Kier alpha value is -6.51. The van der Waals surface area contributed by atoms with Crippen LogP contribution < -0.4 is 48.3 Å². The van der Waals surface area contributed by atoms with Crippen molar-refractivity contribution in [3.63, 3.8) is 0 Å². The molecule has 3 aromatic carbocycles. The number of nitrogen functional groups attached to an aromatic ring is 1. The van der Waals surface area contributed by atoms with Gasteiger partial charge in [0.2, 0.25) is 29.7 Å². The van der Waals surface area contributed by atoms with Crippen LogP contribution in [0.2, 0.25) is 0 Å². The molecule has 0 saturated heterocycles. The normalized spacial score (nSPS) is 18.3. The van der Waals surface area contributed by atoms with Crippen LogP contribution in [0.5, 0.6) is 0 Å². The molecule has 13 N–H and O–H groups in total. The van der Waals surface area contributed by atoms with E-state index in [2.05, 4.69) is 112 Å². The lowest BCUT2D eigenvalue weighted by Gasteiger charge is -2.23. The molecule has 4 heterocycles. The first-order valence-electron chi connectivity index (χ1n) is 34.5. The highest BCUT2D eigenvalue weighted by molar-refractivity contribution is 14.1. The molecule has 4 spiro atoms. The van der Waals surface area contributed by atoms with Crippen molar-refractivity contribution in [2.75, 3.05) is 93.0 Å². The van der Waals surface area contributed by atoms with E-state index in [0.29, 0.717) is 70.3 Å². The molecule has 4 aliphatic carbocycles. The molecule has 11 rings (SSSR count). The summed E-state index contributed by atoms with van der Waals surface area (Å²) in [4.78, 5) is 40.6. The Bertz CT molecular complexity index is 3780. The number of thiocarbonyl (C=S) groups is 1. The molecule has 0 unspecified atom stereocenters. The highest BCUT2D eigenvalue weighted by Crippen LogP contribution is 2.43. The molecule has 8 aliphatic rings. The summed E-state index contributed by atoms with van der Waals surface area (Å²) in [6.07, 6.45) is 27.7. The maximum absolute atomic E-state index is 12.8. The number of aliphatic imine (C=N–C) groups is 4. The zero-order chi connectivity index (χ0) is 76.3. The van der Waals surface area contributed by atoms with Crippen LogP contribution in [0.15, 0.2) is 133 Å². The summed E-state index contributed by atoms with van der Waals surface area (Å²) in [6, 6.07) is 17.7. The quantitative estimate of drug-likeness (QED) is 0.0155. The summed E-state index contributed by atoms with van der Waals surface area (Å²) in [6.45, 7) is 19.9. The van der Waals surface area contributed by atoms with Crippen LogP contribution in [0.1, 0.15) is 151 Å². The number of guanidine groups is 3. The van der Waals surface area contributed by atoms with E-state index in [4.69, 9.17) is 33.6 Å². The monoisotopic (exact) mass is 1690 g/mol. The van der Waals surface area contributed by atoms with Crippen LogP contribution in [0, 0.1) is 21.7 Å². The number of hydrazone groups is 3. The number of hydrogen-bond acceptors (Lipinski definition) is 20. The van der Waals surface area contributed by atoms with E-state index in [1.807, 2.05) is 63.2 Å². The Morgan fingerprint density at radius 2 is 0.885 bits per heavy atom. The number of hydrogen-bond donors (Lipinski definition) is 9. The highest BCUT2D eigenvalue weighted by Gasteiger charge is 2.42. The average molecular weight is 1690 g/mol. The van der Waals surface area contributed by atoms with Crippen molar-refractivity contribution in [2.24, 2.45) is 84.4 Å². The molecular weight excluding hydrogens is 1590 g/mol. The Labute approximate surface area is 650 Å². The molecule has 580 valence electrons. The molecular formula is C67H108Cl2IN21O8S5. The predicted octanol–water partition coefficient (Wildman–Crippen LogP) is 10.7. The fourth-order valence-corrected chi connectivity index (χ4v) is 15.4. The number of carbonyl (C=O) groups is 2. The van der Waals surface area contributed by atoms with Crippen LogP contribution in [-0.4, -0.2) is 176 Å². The number of rotatable bonds is 12. The number of nitrogens with two attached hydrogens (primary N) is 4. The third-order valence-corrected chi connectivity index (χ3v) is 22.1. The number of azo groups is 1. The van der Waals surface area contributed by atoms with Gasteiger partial charge in [0, 0.05) is 115 Å². The Morgan fingerprint density at radius 1 is 0.548 bits per heavy atom. The van der Waals surface area contributed by atoms with Crippen LogP contribution >= 0.6 is 69.7 Å². The summed E-state index contributed by atoms with van der Waals surface area (Å²) in [7, 11) is -6.12. The van der Waals surface area contributed by atoms with Crippen molar-refractivity contribution in [3.8, 4) is 0 Å². The molecule has 3 aromatic rings. The highest BCUT2D eigenvalue weighted by atomic mass is 127. The lowest BCUT2D eigenvalue weighted by molar-refractivity contribution is -0.115. The third-order valence-electron chi connectivity index (χ3n) is 17.3. The van der Waals surface area contributed by atoms with Crippen molar-refractivity contribution >= 4 is 174 Å². The van der Waals surface area contributed by atoms with Crippen LogP contribution in [-0.2, 0) is 38.7 Å². The molecule has 0 radical (unpaired) electrons. The van der Waals surface area contributed by atoms with Gasteiger partial charge in [-0.2, -0.15) is 25.5 Å². The van der Waals surface area contributed by atoms with Gasteiger partial charge in [-0.25, -0.2) is 49.7 Å². The zero-order valence-electron chi connectivity index (χ0n) is 61.2. The van der Waals surface area contributed by atoms with Crippen molar-refractivity contribution < 1.29 is 34.8 Å². The molecule has 104 heavy (non-hydrogen) atoms. The van der Waals surface area contributed by atoms with Gasteiger partial charge in [0.15, 0.2) is 10.3 Å². The number of thioether (sulfide) groups is 1. The van der Waals surface area contributed by atoms with Crippen LogP contribution in [0.3, 0.4) is 0 Å². The number of alkyl halides is 1. The second kappa shape index (κ2) is 45.2. The van der Waals surface area contributed by atoms with Crippen molar-refractivity contribution in [1.82, 2.24) is 29.8 Å². The van der Waals surface area contributed by atoms with Gasteiger partial charge in [-0.05, 0) is 182 Å². The first-order valence-corrected chi connectivity index (χ1v) is 43.5. The van der Waals surface area contributed by atoms with E-state index >= 15 is 0 Å². The number of amides is 2. The number of nitrogens with one attached hydrogen (secondary N) is 5. The number of amidine groups is 1. The summed E-state index contributed by atoms with van der Waals surface area (Å²) >= 11 is 8.09. The molecule has 37 heteroatoms. The maximum atomic E-state index is 12.8. The summed E-state index contributed by atoms with van der Waals surface area (Å²) in [5, 5.41) is 35.3. The Balaban J connectivity index is 0.000000332. The van der Waals surface area contributed by atoms with Gasteiger partial charge in [-0.3, -0.25) is 29.6 Å². The molecule has 0 bridgehead atoms. The summed E-state index contributed by atoms with van der Waals surface area (Å²) in [5.41, 5.74) is 24.3. The smallest absolute Gasteiger partial charge is 0.264 e. The van der Waals surface area contributed by atoms with Crippen molar-refractivity contribution in [3.05, 3.63) is 72.8 Å².